The van der Waals surface area contributed by atoms with Gasteiger partial charge in [0.05, 0.1) is 24.8 Å². The second kappa shape index (κ2) is 10.3. The molecule has 0 spiro atoms. The third-order valence-electron chi connectivity index (χ3n) is 5.97. The second-order valence-corrected chi connectivity index (χ2v) is 8.70. The van der Waals surface area contributed by atoms with Crippen LogP contribution in [0.3, 0.4) is 0 Å². The highest BCUT2D eigenvalue weighted by Gasteiger charge is 2.27. The van der Waals surface area contributed by atoms with Crippen LogP contribution in [0.2, 0.25) is 5.02 Å². The highest BCUT2D eigenvalue weighted by molar-refractivity contribution is 6.31. The minimum Gasteiger partial charge on any atom is -0.377 e. The molecule has 2 heterocycles. The van der Waals surface area contributed by atoms with E-state index in [2.05, 4.69) is 10.5 Å². The maximum absolute atomic E-state index is 15.0. The summed E-state index contributed by atoms with van der Waals surface area (Å²) < 4.78 is 21.5. The van der Waals surface area contributed by atoms with Gasteiger partial charge in [0, 0.05) is 30.3 Å². The van der Waals surface area contributed by atoms with Crippen molar-refractivity contribution >= 4 is 17.5 Å². The SMILES string of the molecule is Cn1cc(C(CC(c2ccc(C(=O)NC3COC3)c(F)c2)c2ccccc2Cl)N=O)ccc1=O. The van der Waals surface area contributed by atoms with Crippen molar-refractivity contribution in [3.8, 4) is 0 Å². The van der Waals surface area contributed by atoms with E-state index >= 15 is 4.39 Å². The molecule has 0 radical (unpaired) electrons. The number of aryl methyl sites for hydroxylation is 1. The van der Waals surface area contributed by atoms with Crippen LogP contribution >= 0.6 is 11.6 Å². The summed E-state index contributed by atoms with van der Waals surface area (Å²) in [4.78, 5) is 36.0. The zero-order valence-electron chi connectivity index (χ0n) is 18.4. The zero-order chi connectivity index (χ0) is 24.2. The third-order valence-corrected chi connectivity index (χ3v) is 6.32. The molecule has 3 aromatic rings. The van der Waals surface area contributed by atoms with Crippen molar-refractivity contribution in [2.45, 2.75) is 24.4 Å². The molecule has 34 heavy (non-hydrogen) atoms. The number of pyridine rings is 1. The second-order valence-electron chi connectivity index (χ2n) is 8.29. The number of nitroso groups, excluding NO2 is 1. The lowest BCUT2D eigenvalue weighted by molar-refractivity contribution is -0.00353. The van der Waals surface area contributed by atoms with E-state index in [1.54, 1.807) is 37.5 Å². The topological polar surface area (TPSA) is 89.8 Å². The van der Waals surface area contributed by atoms with Gasteiger partial charge in [-0.1, -0.05) is 41.0 Å². The Bertz CT molecular complexity index is 1280. The molecule has 1 amide bonds. The molecule has 1 fully saturated rings. The number of benzene rings is 2. The Morgan fingerprint density at radius 1 is 1.21 bits per heavy atom. The van der Waals surface area contributed by atoms with Gasteiger partial charge in [-0.25, -0.2) is 4.39 Å². The molecule has 0 aliphatic carbocycles. The first-order valence-corrected chi connectivity index (χ1v) is 11.2. The Morgan fingerprint density at radius 3 is 2.56 bits per heavy atom. The molecular weight excluding hydrogens is 461 g/mol. The summed E-state index contributed by atoms with van der Waals surface area (Å²) in [6.07, 6.45) is 1.76. The number of nitrogens with zero attached hydrogens (tertiary/aromatic N) is 2. The van der Waals surface area contributed by atoms with Crippen molar-refractivity contribution in [1.82, 2.24) is 9.88 Å². The summed E-state index contributed by atoms with van der Waals surface area (Å²) in [5.41, 5.74) is 1.53. The summed E-state index contributed by atoms with van der Waals surface area (Å²) in [6.45, 7) is 0.816. The summed E-state index contributed by atoms with van der Waals surface area (Å²) in [6, 6.07) is 13.5. The summed E-state index contributed by atoms with van der Waals surface area (Å²) in [5, 5.41) is 6.48. The van der Waals surface area contributed by atoms with Crippen molar-refractivity contribution in [3.63, 3.8) is 0 Å². The number of hydrogen-bond acceptors (Lipinski definition) is 5. The van der Waals surface area contributed by atoms with Gasteiger partial charge in [-0.3, -0.25) is 9.59 Å². The smallest absolute Gasteiger partial charge is 0.254 e. The van der Waals surface area contributed by atoms with E-state index in [0.29, 0.717) is 34.9 Å². The normalized spacial score (nSPS) is 15.3. The van der Waals surface area contributed by atoms with E-state index in [-0.39, 0.29) is 23.6 Å². The maximum Gasteiger partial charge on any atom is 0.254 e. The highest BCUT2D eigenvalue weighted by Crippen LogP contribution is 2.39. The largest absolute Gasteiger partial charge is 0.377 e. The van der Waals surface area contributed by atoms with Gasteiger partial charge in [0.15, 0.2) is 0 Å². The summed E-state index contributed by atoms with van der Waals surface area (Å²) in [5.74, 6) is -1.67. The Morgan fingerprint density at radius 2 is 1.94 bits per heavy atom. The molecule has 1 N–H and O–H groups in total. The Labute approximate surface area is 200 Å². The van der Waals surface area contributed by atoms with E-state index in [0.717, 1.165) is 0 Å². The predicted octanol–water partition coefficient (Wildman–Crippen LogP) is 4.34. The van der Waals surface area contributed by atoms with Gasteiger partial charge in [0.1, 0.15) is 11.9 Å². The molecule has 7 nitrogen and oxygen atoms in total. The van der Waals surface area contributed by atoms with Crippen molar-refractivity contribution < 1.29 is 13.9 Å². The lowest BCUT2D eigenvalue weighted by Gasteiger charge is -2.27. The minimum atomic E-state index is -0.808. The van der Waals surface area contributed by atoms with Crippen LogP contribution in [0.25, 0.3) is 0 Å². The number of hydrogen-bond donors (Lipinski definition) is 1. The number of carbonyl (C=O) groups is 1. The maximum atomic E-state index is 15.0. The molecule has 0 saturated carbocycles. The number of halogens is 2. The molecule has 9 heteroatoms. The average molecular weight is 484 g/mol. The zero-order valence-corrected chi connectivity index (χ0v) is 19.2. The summed E-state index contributed by atoms with van der Waals surface area (Å²) in [7, 11) is 1.59. The van der Waals surface area contributed by atoms with Gasteiger partial charge in [0.2, 0.25) is 5.56 Å². The molecule has 2 atom stereocenters. The van der Waals surface area contributed by atoms with Crippen LogP contribution in [0.5, 0.6) is 0 Å². The summed E-state index contributed by atoms with van der Waals surface area (Å²) >= 11 is 6.46. The first-order chi connectivity index (χ1) is 16.4. The fourth-order valence-corrected chi connectivity index (χ4v) is 4.26. The molecular formula is C25H23ClFN3O4. The van der Waals surface area contributed by atoms with Crippen LogP contribution in [-0.4, -0.2) is 29.7 Å². The van der Waals surface area contributed by atoms with E-state index in [1.807, 2.05) is 12.1 Å². The molecule has 2 aromatic carbocycles. The van der Waals surface area contributed by atoms with Gasteiger partial charge >= 0.3 is 0 Å². The lowest BCUT2D eigenvalue weighted by Crippen LogP contribution is -2.48. The molecule has 1 saturated heterocycles. The van der Waals surface area contributed by atoms with Crippen molar-refractivity contribution in [1.29, 1.82) is 0 Å². The van der Waals surface area contributed by atoms with Crippen molar-refractivity contribution in [3.05, 3.63) is 109 Å². The Hall–Kier alpha value is -3.36. The first-order valence-electron chi connectivity index (χ1n) is 10.8. The van der Waals surface area contributed by atoms with E-state index < -0.39 is 23.7 Å². The van der Waals surface area contributed by atoms with E-state index in [1.165, 1.54) is 22.8 Å². The standard InChI is InChI=1S/C25H23ClFN3O4/c1-30-12-16(7-9-24(30)31)23(29-33)11-20(18-4-2-3-5-21(18)26)15-6-8-19(22(27)10-15)25(32)28-17-13-34-14-17/h2-10,12,17,20,23H,11,13-14H2,1H3,(H,28,32). The number of nitrogens with one attached hydrogen (secondary N) is 1. The average Bonchev–Trinajstić information content (AvgIpc) is 2.79. The lowest BCUT2D eigenvalue weighted by atomic mass is 9.84. The Balaban J connectivity index is 1.68. The van der Waals surface area contributed by atoms with Crippen LogP contribution in [0, 0.1) is 10.7 Å². The van der Waals surface area contributed by atoms with Crippen molar-refractivity contribution in [2.75, 3.05) is 13.2 Å². The predicted molar refractivity (Wildman–Crippen MR) is 127 cm³/mol. The number of ether oxygens (including phenoxy) is 1. The molecule has 0 bridgehead atoms. The molecule has 1 aliphatic rings. The fraction of sp³-hybridized carbons (Fsp3) is 0.280. The van der Waals surface area contributed by atoms with Gasteiger partial charge < -0.3 is 14.6 Å². The molecule has 1 aromatic heterocycles. The monoisotopic (exact) mass is 483 g/mol. The first kappa shape index (κ1) is 23.8. The quantitative estimate of drug-likeness (QED) is 0.483. The van der Waals surface area contributed by atoms with E-state index in [4.69, 9.17) is 16.3 Å². The van der Waals surface area contributed by atoms with Crippen LogP contribution in [0.15, 0.2) is 70.8 Å². The van der Waals surface area contributed by atoms with Gasteiger partial charge in [-0.2, -0.15) is 4.91 Å². The van der Waals surface area contributed by atoms with Crippen LogP contribution < -0.4 is 10.9 Å². The number of aromatic nitrogens is 1. The van der Waals surface area contributed by atoms with E-state index in [9.17, 15) is 14.5 Å². The molecule has 1 aliphatic heterocycles. The number of carbonyl (C=O) groups excluding carboxylic acids is 1. The molecule has 4 rings (SSSR count). The fourth-order valence-electron chi connectivity index (χ4n) is 3.99. The number of rotatable bonds is 8. The Kier molecular flexibility index (Phi) is 7.19. The molecule has 2 unspecified atom stereocenters. The third kappa shape index (κ3) is 5.08. The highest BCUT2D eigenvalue weighted by atomic mass is 35.5. The molecule has 176 valence electrons. The number of amides is 1. The minimum absolute atomic E-state index is 0.0725. The van der Waals surface area contributed by atoms with Gasteiger partial charge in [-0.05, 0) is 47.4 Å². The van der Waals surface area contributed by atoms with Gasteiger partial charge in [-0.15, -0.1) is 0 Å². The van der Waals surface area contributed by atoms with Crippen LogP contribution in [0.1, 0.15) is 45.4 Å². The van der Waals surface area contributed by atoms with Gasteiger partial charge in [0.25, 0.3) is 5.91 Å². The van der Waals surface area contributed by atoms with Crippen LogP contribution in [0.4, 0.5) is 4.39 Å². The van der Waals surface area contributed by atoms with Crippen LogP contribution in [-0.2, 0) is 11.8 Å². The van der Waals surface area contributed by atoms with Crippen molar-refractivity contribution in [2.24, 2.45) is 12.2 Å².